The van der Waals surface area contributed by atoms with E-state index in [2.05, 4.69) is 25.2 Å². The molecule has 2 N–H and O–H groups in total. The van der Waals surface area contributed by atoms with Crippen LogP contribution in [0.1, 0.15) is 16.1 Å². The third-order valence-corrected chi connectivity index (χ3v) is 4.39. The Labute approximate surface area is 151 Å². The molecule has 9 heteroatoms. The maximum Gasteiger partial charge on any atom is 0.354 e. The number of hydrogen-bond acceptors (Lipinski definition) is 8. The van der Waals surface area contributed by atoms with E-state index >= 15 is 0 Å². The predicted octanol–water partition coefficient (Wildman–Crippen LogP) is 2.20. The molecule has 0 atom stereocenters. The Balaban J connectivity index is 1.91. The Hall–Kier alpha value is -3.33. The second kappa shape index (κ2) is 7.70. The van der Waals surface area contributed by atoms with Gasteiger partial charge in [-0.25, -0.2) is 9.59 Å². The fourth-order valence-electron chi connectivity index (χ4n) is 2.26. The molecule has 0 aliphatic heterocycles. The number of para-hydroxylation sites is 1. The number of H-pyrrole nitrogens is 1. The Morgan fingerprint density at radius 2 is 2.08 bits per heavy atom. The van der Waals surface area contributed by atoms with Gasteiger partial charge in [0, 0.05) is 5.39 Å². The Morgan fingerprint density at radius 1 is 1.27 bits per heavy atom. The van der Waals surface area contributed by atoms with E-state index in [1.807, 2.05) is 0 Å². The highest BCUT2D eigenvalue weighted by Gasteiger charge is 2.19. The lowest BCUT2D eigenvalue weighted by Crippen LogP contribution is -2.21. The highest BCUT2D eigenvalue weighted by atomic mass is 32.1. The lowest BCUT2D eigenvalue weighted by atomic mass is 10.1. The fourth-order valence-corrected chi connectivity index (χ4v) is 2.93. The van der Waals surface area contributed by atoms with E-state index in [0.717, 1.165) is 0 Å². The number of aromatic amines is 1. The van der Waals surface area contributed by atoms with Gasteiger partial charge in [-0.05, 0) is 23.6 Å². The van der Waals surface area contributed by atoms with Crippen LogP contribution in [0.25, 0.3) is 10.9 Å². The maximum atomic E-state index is 12.2. The standard InChI is InChI=1S/C17H14N4O4S/c1-25-16(23)12(9-13(22)14-7-4-8-26-14)20-21-15-10-5-2-3-6-11(10)18-17(24)19-15/h2-8H,9H2,1H3,(H2,18,19,21,24). The molecule has 1 aromatic carbocycles. The molecule has 26 heavy (non-hydrogen) atoms. The number of methoxy groups -OCH3 is 1. The van der Waals surface area contributed by atoms with Crippen molar-refractivity contribution in [3.8, 4) is 0 Å². The van der Waals surface area contributed by atoms with Crippen molar-refractivity contribution in [1.29, 1.82) is 0 Å². The van der Waals surface area contributed by atoms with Crippen LogP contribution in [-0.2, 0) is 9.53 Å². The summed E-state index contributed by atoms with van der Waals surface area (Å²) in [4.78, 5) is 42.8. The number of anilines is 1. The number of esters is 1. The van der Waals surface area contributed by atoms with Crippen molar-refractivity contribution in [2.45, 2.75) is 6.42 Å². The molecule has 0 radical (unpaired) electrons. The molecular formula is C17H14N4O4S. The van der Waals surface area contributed by atoms with E-state index in [0.29, 0.717) is 15.8 Å². The third kappa shape index (κ3) is 3.83. The Bertz CT molecular complexity index is 1040. The zero-order valence-electron chi connectivity index (χ0n) is 13.7. The Morgan fingerprint density at radius 3 is 2.81 bits per heavy atom. The molecule has 3 rings (SSSR count). The second-order valence-electron chi connectivity index (χ2n) is 5.18. The van der Waals surface area contributed by atoms with Crippen LogP contribution in [-0.4, -0.2) is 34.5 Å². The van der Waals surface area contributed by atoms with Gasteiger partial charge < -0.3 is 9.72 Å². The van der Waals surface area contributed by atoms with Gasteiger partial charge in [0.05, 0.1) is 23.9 Å². The molecule has 8 nitrogen and oxygen atoms in total. The molecular weight excluding hydrogens is 356 g/mol. The molecule has 132 valence electrons. The minimum Gasteiger partial charge on any atom is -0.464 e. The van der Waals surface area contributed by atoms with Gasteiger partial charge >= 0.3 is 11.7 Å². The lowest BCUT2D eigenvalue weighted by Gasteiger charge is -2.07. The van der Waals surface area contributed by atoms with E-state index in [1.165, 1.54) is 18.4 Å². The van der Waals surface area contributed by atoms with Crippen molar-refractivity contribution in [2.75, 3.05) is 12.5 Å². The number of nitrogens with one attached hydrogen (secondary N) is 2. The topological polar surface area (TPSA) is 114 Å². The first-order chi connectivity index (χ1) is 12.6. The second-order valence-corrected chi connectivity index (χ2v) is 6.12. The number of nitrogens with zero attached hydrogens (tertiary/aromatic N) is 2. The summed E-state index contributed by atoms with van der Waals surface area (Å²) in [7, 11) is 1.20. The molecule has 0 saturated carbocycles. The summed E-state index contributed by atoms with van der Waals surface area (Å²) in [6.07, 6.45) is -0.235. The first-order valence-electron chi connectivity index (χ1n) is 7.55. The van der Waals surface area contributed by atoms with Gasteiger partial charge in [-0.3, -0.25) is 10.2 Å². The van der Waals surface area contributed by atoms with Gasteiger partial charge in [-0.2, -0.15) is 10.1 Å². The van der Waals surface area contributed by atoms with Gasteiger partial charge in [-0.1, -0.05) is 18.2 Å². The number of hydrogen-bond donors (Lipinski definition) is 2. The number of carbonyl (C=O) groups excluding carboxylic acids is 2. The van der Waals surface area contributed by atoms with Gasteiger partial charge in [0.2, 0.25) is 0 Å². The first kappa shape index (κ1) is 17.5. The van der Waals surface area contributed by atoms with Crippen molar-refractivity contribution in [3.05, 3.63) is 57.1 Å². The summed E-state index contributed by atoms with van der Waals surface area (Å²) in [5.74, 6) is -0.819. The van der Waals surface area contributed by atoms with Crippen LogP contribution >= 0.6 is 11.3 Å². The lowest BCUT2D eigenvalue weighted by molar-refractivity contribution is -0.132. The number of carbonyl (C=O) groups is 2. The number of Topliss-reactive ketones (excluding diaryl/α,β-unsaturated/α-hetero) is 1. The smallest absolute Gasteiger partial charge is 0.354 e. The van der Waals surface area contributed by atoms with Crippen LogP contribution in [0.2, 0.25) is 0 Å². The summed E-state index contributed by atoms with van der Waals surface area (Å²) >= 11 is 1.28. The SMILES string of the molecule is COC(=O)C(CC(=O)c1cccs1)=NNc1nc(=O)[nH]c2ccccc12. The van der Waals surface area contributed by atoms with Crippen LogP contribution < -0.4 is 11.1 Å². The largest absolute Gasteiger partial charge is 0.464 e. The number of ketones is 1. The number of ether oxygens (including phenoxy) is 1. The van der Waals surface area contributed by atoms with E-state index < -0.39 is 11.7 Å². The molecule has 0 fully saturated rings. The first-order valence-corrected chi connectivity index (χ1v) is 8.43. The van der Waals surface area contributed by atoms with Crippen LogP contribution in [0.15, 0.2) is 51.7 Å². The zero-order valence-corrected chi connectivity index (χ0v) is 14.5. The minimum atomic E-state index is -0.739. The average Bonchev–Trinajstić information content (AvgIpc) is 3.18. The van der Waals surface area contributed by atoms with Crippen LogP contribution in [0.3, 0.4) is 0 Å². The highest BCUT2D eigenvalue weighted by Crippen LogP contribution is 2.17. The summed E-state index contributed by atoms with van der Waals surface area (Å²) < 4.78 is 4.68. The molecule has 0 aliphatic rings. The monoisotopic (exact) mass is 370 g/mol. The van der Waals surface area contributed by atoms with Crippen molar-refractivity contribution < 1.29 is 14.3 Å². The quantitative estimate of drug-likeness (QED) is 0.298. The number of benzene rings is 1. The number of fused-ring (bicyclic) bond motifs is 1. The molecule has 0 amide bonds. The molecule has 0 bridgehead atoms. The number of aromatic nitrogens is 2. The average molecular weight is 370 g/mol. The maximum absolute atomic E-state index is 12.2. The van der Waals surface area contributed by atoms with E-state index in [9.17, 15) is 14.4 Å². The van der Waals surface area contributed by atoms with Crippen LogP contribution in [0.5, 0.6) is 0 Å². The molecule has 0 aliphatic carbocycles. The van der Waals surface area contributed by atoms with Crippen molar-refractivity contribution in [3.63, 3.8) is 0 Å². The molecule has 3 aromatic rings. The van der Waals surface area contributed by atoms with Crippen molar-refractivity contribution >= 4 is 45.5 Å². The predicted molar refractivity (Wildman–Crippen MR) is 98.7 cm³/mol. The molecule has 0 unspecified atom stereocenters. The molecule has 2 heterocycles. The van der Waals surface area contributed by atoms with E-state index in [1.54, 1.807) is 41.8 Å². The number of thiophene rings is 1. The minimum absolute atomic E-state index is 0.114. The summed E-state index contributed by atoms with van der Waals surface area (Å²) in [5.41, 5.74) is 2.50. The molecule has 0 saturated heterocycles. The van der Waals surface area contributed by atoms with Crippen LogP contribution in [0, 0.1) is 0 Å². The molecule has 0 spiro atoms. The summed E-state index contributed by atoms with van der Waals surface area (Å²) in [6, 6.07) is 10.4. The van der Waals surface area contributed by atoms with Gasteiger partial charge in [0.25, 0.3) is 0 Å². The summed E-state index contributed by atoms with van der Waals surface area (Å²) in [6.45, 7) is 0. The van der Waals surface area contributed by atoms with Crippen molar-refractivity contribution in [2.24, 2.45) is 5.10 Å². The van der Waals surface area contributed by atoms with E-state index in [-0.39, 0.29) is 23.7 Å². The third-order valence-electron chi connectivity index (χ3n) is 3.48. The summed E-state index contributed by atoms with van der Waals surface area (Å²) in [5, 5.41) is 6.35. The van der Waals surface area contributed by atoms with Crippen molar-refractivity contribution in [1.82, 2.24) is 9.97 Å². The Kier molecular flexibility index (Phi) is 5.18. The zero-order chi connectivity index (χ0) is 18.5. The van der Waals surface area contributed by atoms with E-state index in [4.69, 9.17) is 0 Å². The van der Waals surface area contributed by atoms with Crippen LogP contribution in [0.4, 0.5) is 5.82 Å². The highest BCUT2D eigenvalue weighted by molar-refractivity contribution is 7.12. The normalized spacial score (nSPS) is 11.3. The number of hydrazone groups is 1. The number of rotatable bonds is 6. The van der Waals surface area contributed by atoms with Gasteiger partial charge in [0.1, 0.15) is 0 Å². The fraction of sp³-hybridized carbons (Fsp3) is 0.118. The van der Waals surface area contributed by atoms with Gasteiger partial charge in [-0.15, -0.1) is 11.3 Å². The molecule has 2 aromatic heterocycles. The van der Waals surface area contributed by atoms with Gasteiger partial charge in [0.15, 0.2) is 17.3 Å².